The van der Waals surface area contributed by atoms with Gasteiger partial charge in [-0.05, 0) is 30.5 Å². The quantitative estimate of drug-likeness (QED) is 0.893. The molecule has 2 fully saturated rings. The van der Waals surface area contributed by atoms with Crippen LogP contribution in [0.15, 0.2) is 24.3 Å². The van der Waals surface area contributed by atoms with Crippen LogP contribution in [0.1, 0.15) is 31.2 Å². The van der Waals surface area contributed by atoms with E-state index < -0.39 is 11.4 Å². The van der Waals surface area contributed by atoms with E-state index in [0.717, 1.165) is 5.56 Å². The summed E-state index contributed by atoms with van der Waals surface area (Å²) < 4.78 is 24.5. The SMILES string of the molecule is OC1(Cc2cccc(F)c2)CCC2(CC1)OCCO2. The Morgan fingerprint density at radius 3 is 2.42 bits per heavy atom. The van der Waals surface area contributed by atoms with E-state index in [-0.39, 0.29) is 5.82 Å². The van der Waals surface area contributed by atoms with Crippen LogP contribution in [-0.4, -0.2) is 29.7 Å². The van der Waals surface area contributed by atoms with E-state index in [4.69, 9.17) is 9.47 Å². The van der Waals surface area contributed by atoms with Crippen molar-refractivity contribution in [3.8, 4) is 0 Å². The van der Waals surface area contributed by atoms with E-state index in [2.05, 4.69) is 0 Å². The molecule has 2 aliphatic rings. The zero-order valence-corrected chi connectivity index (χ0v) is 10.9. The smallest absolute Gasteiger partial charge is 0.168 e. The Kier molecular flexibility index (Phi) is 3.33. The first-order valence-electron chi connectivity index (χ1n) is 6.84. The molecule has 19 heavy (non-hydrogen) atoms. The summed E-state index contributed by atoms with van der Waals surface area (Å²) >= 11 is 0. The highest BCUT2D eigenvalue weighted by molar-refractivity contribution is 5.19. The maximum Gasteiger partial charge on any atom is 0.168 e. The molecule has 3 nitrogen and oxygen atoms in total. The Morgan fingerprint density at radius 2 is 1.79 bits per heavy atom. The molecule has 0 radical (unpaired) electrons. The summed E-state index contributed by atoms with van der Waals surface area (Å²) in [6.07, 6.45) is 3.16. The Labute approximate surface area is 112 Å². The van der Waals surface area contributed by atoms with Gasteiger partial charge >= 0.3 is 0 Å². The third-order valence-electron chi connectivity index (χ3n) is 4.18. The van der Waals surface area contributed by atoms with Gasteiger partial charge in [0.15, 0.2) is 5.79 Å². The van der Waals surface area contributed by atoms with Gasteiger partial charge in [0.25, 0.3) is 0 Å². The number of aliphatic hydroxyl groups is 1. The summed E-state index contributed by atoms with van der Waals surface area (Å²) in [6.45, 7) is 1.28. The van der Waals surface area contributed by atoms with Gasteiger partial charge in [-0.15, -0.1) is 0 Å². The zero-order chi connectivity index (χ0) is 13.3. The van der Waals surface area contributed by atoms with Crippen LogP contribution in [0, 0.1) is 5.82 Å². The van der Waals surface area contributed by atoms with Gasteiger partial charge in [-0.1, -0.05) is 12.1 Å². The fourth-order valence-electron chi connectivity index (χ4n) is 3.09. The lowest BCUT2D eigenvalue weighted by molar-refractivity contribution is -0.202. The van der Waals surface area contributed by atoms with E-state index in [0.29, 0.717) is 45.3 Å². The van der Waals surface area contributed by atoms with Gasteiger partial charge in [0.1, 0.15) is 5.82 Å². The van der Waals surface area contributed by atoms with Crippen molar-refractivity contribution in [1.29, 1.82) is 0 Å². The molecule has 3 rings (SSSR count). The number of benzene rings is 1. The van der Waals surface area contributed by atoms with Crippen molar-refractivity contribution in [2.75, 3.05) is 13.2 Å². The predicted molar refractivity (Wildman–Crippen MR) is 68.2 cm³/mol. The van der Waals surface area contributed by atoms with Gasteiger partial charge in [-0.2, -0.15) is 0 Å². The number of halogens is 1. The van der Waals surface area contributed by atoms with Crippen LogP contribution in [0.2, 0.25) is 0 Å². The van der Waals surface area contributed by atoms with Crippen LogP contribution in [0.3, 0.4) is 0 Å². The molecule has 0 amide bonds. The summed E-state index contributed by atoms with van der Waals surface area (Å²) in [5.74, 6) is -0.718. The average Bonchev–Trinajstić information content (AvgIpc) is 2.83. The van der Waals surface area contributed by atoms with Crippen LogP contribution in [-0.2, 0) is 15.9 Å². The molecule has 1 aliphatic carbocycles. The van der Waals surface area contributed by atoms with Crippen molar-refractivity contribution in [2.24, 2.45) is 0 Å². The van der Waals surface area contributed by atoms with Crippen LogP contribution in [0.4, 0.5) is 4.39 Å². The monoisotopic (exact) mass is 266 g/mol. The van der Waals surface area contributed by atoms with Crippen LogP contribution in [0.5, 0.6) is 0 Å². The summed E-state index contributed by atoms with van der Waals surface area (Å²) in [4.78, 5) is 0. The third-order valence-corrected chi connectivity index (χ3v) is 4.18. The van der Waals surface area contributed by atoms with Crippen molar-refractivity contribution in [3.05, 3.63) is 35.6 Å². The van der Waals surface area contributed by atoms with Gasteiger partial charge in [-0.25, -0.2) is 4.39 Å². The molecule has 0 aromatic heterocycles. The van der Waals surface area contributed by atoms with Gasteiger partial charge in [0.2, 0.25) is 0 Å². The second-order valence-electron chi connectivity index (χ2n) is 5.64. The Morgan fingerprint density at radius 1 is 1.11 bits per heavy atom. The first-order valence-corrected chi connectivity index (χ1v) is 6.84. The average molecular weight is 266 g/mol. The molecule has 1 heterocycles. The van der Waals surface area contributed by atoms with Crippen molar-refractivity contribution in [2.45, 2.75) is 43.5 Å². The molecule has 0 unspecified atom stereocenters. The molecule has 0 atom stereocenters. The first kappa shape index (κ1) is 13.0. The second kappa shape index (κ2) is 4.85. The van der Waals surface area contributed by atoms with Crippen molar-refractivity contribution in [1.82, 2.24) is 0 Å². The molecule has 1 spiro atoms. The molecular weight excluding hydrogens is 247 g/mol. The highest BCUT2D eigenvalue weighted by Crippen LogP contribution is 2.41. The van der Waals surface area contributed by atoms with Gasteiger partial charge in [0.05, 0.1) is 18.8 Å². The highest BCUT2D eigenvalue weighted by atomic mass is 19.1. The summed E-state index contributed by atoms with van der Waals surface area (Å²) in [5.41, 5.74) is 0.0701. The molecule has 1 aliphatic heterocycles. The zero-order valence-electron chi connectivity index (χ0n) is 10.9. The van der Waals surface area contributed by atoms with Gasteiger partial charge in [0, 0.05) is 19.3 Å². The standard InChI is InChI=1S/C15H19FO3/c16-13-3-1-2-12(10-13)11-14(17)4-6-15(7-5-14)18-8-9-19-15/h1-3,10,17H,4-9,11H2. The minimum absolute atomic E-state index is 0.254. The van der Waals surface area contributed by atoms with Gasteiger partial charge < -0.3 is 14.6 Å². The number of hydrogen-bond donors (Lipinski definition) is 1. The van der Waals surface area contributed by atoms with E-state index in [1.165, 1.54) is 12.1 Å². The van der Waals surface area contributed by atoms with Crippen LogP contribution in [0.25, 0.3) is 0 Å². The Hall–Kier alpha value is -0.970. The van der Waals surface area contributed by atoms with Crippen LogP contribution < -0.4 is 0 Å². The maximum absolute atomic E-state index is 13.2. The molecule has 1 aromatic rings. The molecule has 0 bridgehead atoms. The Balaban J connectivity index is 1.65. The lowest BCUT2D eigenvalue weighted by atomic mass is 9.78. The second-order valence-corrected chi connectivity index (χ2v) is 5.64. The number of ether oxygens (including phenoxy) is 2. The van der Waals surface area contributed by atoms with E-state index >= 15 is 0 Å². The fourth-order valence-corrected chi connectivity index (χ4v) is 3.09. The predicted octanol–water partition coefficient (Wildman–Crippen LogP) is 2.42. The molecule has 1 saturated carbocycles. The fraction of sp³-hybridized carbons (Fsp3) is 0.600. The largest absolute Gasteiger partial charge is 0.390 e. The molecule has 1 N–H and O–H groups in total. The molecule has 4 heteroatoms. The molecule has 1 aromatic carbocycles. The van der Waals surface area contributed by atoms with Gasteiger partial charge in [-0.3, -0.25) is 0 Å². The summed E-state index contributed by atoms with van der Waals surface area (Å²) in [5, 5.41) is 10.6. The lowest BCUT2D eigenvalue weighted by Crippen LogP contribution is -2.44. The molecule has 104 valence electrons. The maximum atomic E-state index is 13.2. The van der Waals surface area contributed by atoms with E-state index in [9.17, 15) is 9.50 Å². The summed E-state index contributed by atoms with van der Waals surface area (Å²) in [7, 11) is 0. The number of rotatable bonds is 2. The normalized spacial score (nSPS) is 24.7. The summed E-state index contributed by atoms with van der Waals surface area (Å²) in [6, 6.07) is 6.45. The lowest BCUT2D eigenvalue weighted by Gasteiger charge is -2.40. The highest BCUT2D eigenvalue weighted by Gasteiger charge is 2.45. The van der Waals surface area contributed by atoms with E-state index in [1.807, 2.05) is 6.07 Å². The molecular formula is C15H19FO3. The third kappa shape index (κ3) is 2.81. The van der Waals surface area contributed by atoms with Crippen molar-refractivity contribution < 1.29 is 19.0 Å². The minimum atomic E-state index is -0.769. The minimum Gasteiger partial charge on any atom is -0.390 e. The van der Waals surface area contributed by atoms with E-state index in [1.54, 1.807) is 6.07 Å². The topological polar surface area (TPSA) is 38.7 Å². The van der Waals surface area contributed by atoms with Crippen LogP contribution >= 0.6 is 0 Å². The number of hydrogen-bond acceptors (Lipinski definition) is 3. The van der Waals surface area contributed by atoms with Crippen molar-refractivity contribution >= 4 is 0 Å². The first-order chi connectivity index (χ1) is 9.09. The van der Waals surface area contributed by atoms with Crippen molar-refractivity contribution in [3.63, 3.8) is 0 Å². The molecule has 1 saturated heterocycles. The Bertz CT molecular complexity index is 444.